The molecule has 30 heavy (non-hydrogen) atoms. The Morgan fingerprint density at radius 1 is 1.27 bits per heavy atom. The highest BCUT2D eigenvalue weighted by Crippen LogP contribution is 2.35. The molecule has 0 unspecified atom stereocenters. The topological polar surface area (TPSA) is 90.1 Å². The summed E-state index contributed by atoms with van der Waals surface area (Å²) < 4.78 is 54.9. The summed E-state index contributed by atoms with van der Waals surface area (Å²) in [6, 6.07) is 2.75. The number of aryl methyl sites for hydroxylation is 1. The van der Waals surface area contributed by atoms with Gasteiger partial charge in [-0.2, -0.15) is 13.2 Å². The molecule has 0 spiro atoms. The predicted octanol–water partition coefficient (Wildman–Crippen LogP) is 4.94. The van der Waals surface area contributed by atoms with Gasteiger partial charge in [-0.25, -0.2) is 9.37 Å². The number of benzene rings is 1. The van der Waals surface area contributed by atoms with Gasteiger partial charge in [-0.3, -0.25) is 14.9 Å². The lowest BCUT2D eigenvalue weighted by molar-refractivity contribution is -0.385. The van der Waals surface area contributed by atoms with E-state index in [0.717, 1.165) is 22.9 Å². The maximum absolute atomic E-state index is 14.3. The molecule has 0 fully saturated rings. The van der Waals surface area contributed by atoms with Crippen molar-refractivity contribution >= 4 is 38.3 Å². The zero-order valence-electron chi connectivity index (χ0n) is 15.4. The number of hydrogen-bond donors (Lipinski definition) is 1. The number of pyridine rings is 2. The van der Waals surface area contributed by atoms with E-state index in [1.807, 2.05) is 0 Å². The number of nitro groups is 1. The maximum Gasteiger partial charge on any atom is 0.416 e. The van der Waals surface area contributed by atoms with Crippen LogP contribution in [0.4, 0.5) is 29.1 Å². The minimum absolute atomic E-state index is 0.0142. The largest absolute Gasteiger partial charge is 0.416 e. The van der Waals surface area contributed by atoms with Crippen LogP contribution in [0.1, 0.15) is 24.1 Å². The first-order chi connectivity index (χ1) is 13.9. The van der Waals surface area contributed by atoms with Crippen LogP contribution < -0.4 is 10.9 Å². The van der Waals surface area contributed by atoms with Gasteiger partial charge in [0, 0.05) is 24.6 Å². The van der Waals surface area contributed by atoms with Gasteiger partial charge in [-0.05, 0) is 40.5 Å². The zero-order chi connectivity index (χ0) is 22.4. The smallest absolute Gasteiger partial charge is 0.363 e. The Morgan fingerprint density at radius 2 is 1.93 bits per heavy atom. The van der Waals surface area contributed by atoms with Crippen LogP contribution in [0.25, 0.3) is 10.9 Å². The molecule has 0 radical (unpaired) electrons. The number of rotatable bonds is 4. The lowest BCUT2D eigenvalue weighted by Crippen LogP contribution is -2.19. The normalized spacial score (nSPS) is 12.8. The highest BCUT2D eigenvalue weighted by atomic mass is 79.9. The summed E-state index contributed by atoms with van der Waals surface area (Å²) in [5.74, 6) is -0.666. The molecular formula is C18H13BrF4N4O3. The van der Waals surface area contributed by atoms with E-state index >= 15 is 0 Å². The van der Waals surface area contributed by atoms with Crippen molar-refractivity contribution in [1.82, 2.24) is 9.55 Å². The van der Waals surface area contributed by atoms with Gasteiger partial charge < -0.3 is 9.88 Å². The van der Waals surface area contributed by atoms with Crippen molar-refractivity contribution in [2.75, 3.05) is 5.32 Å². The number of nitrogens with zero attached hydrogens (tertiary/aromatic N) is 3. The molecule has 3 aromatic rings. The molecule has 1 aromatic carbocycles. The highest BCUT2D eigenvalue weighted by molar-refractivity contribution is 9.10. The third-order valence-corrected chi connectivity index (χ3v) is 5.06. The van der Waals surface area contributed by atoms with Crippen LogP contribution in [-0.4, -0.2) is 14.5 Å². The minimum Gasteiger partial charge on any atom is -0.363 e. The van der Waals surface area contributed by atoms with Crippen molar-refractivity contribution < 1.29 is 22.5 Å². The molecule has 7 nitrogen and oxygen atoms in total. The molecule has 0 aliphatic carbocycles. The first-order valence-electron chi connectivity index (χ1n) is 8.37. The van der Waals surface area contributed by atoms with Crippen LogP contribution >= 0.6 is 15.9 Å². The van der Waals surface area contributed by atoms with E-state index in [4.69, 9.17) is 0 Å². The van der Waals surface area contributed by atoms with E-state index in [1.165, 1.54) is 20.0 Å². The fourth-order valence-corrected chi connectivity index (χ4v) is 3.47. The predicted molar refractivity (Wildman–Crippen MR) is 105 cm³/mol. The maximum atomic E-state index is 14.3. The lowest BCUT2D eigenvalue weighted by Gasteiger charge is -2.19. The number of non-ortho nitro benzene ring substituents is 1. The number of nitrogens with one attached hydrogen (secondary N) is 1. The molecule has 0 bridgehead atoms. The minimum atomic E-state index is -4.77. The molecular weight excluding hydrogens is 476 g/mol. The fourth-order valence-electron chi connectivity index (χ4n) is 2.98. The van der Waals surface area contributed by atoms with E-state index < -0.39 is 39.8 Å². The van der Waals surface area contributed by atoms with Crippen LogP contribution in [0, 0.1) is 15.9 Å². The van der Waals surface area contributed by atoms with Crippen LogP contribution in [0.5, 0.6) is 0 Å². The van der Waals surface area contributed by atoms with Gasteiger partial charge >= 0.3 is 6.18 Å². The standard InChI is InChI=1S/C18H13BrF4N4O3/c1-8(9-3-10(18(21,22)23)5-11(4-9)27(29)30)25-16-12-6-13(19)17(28)26(2)15(12)14(20)7-24-16/h3-8H,1-2H3,(H,24,25)/t8-/m1/s1. The van der Waals surface area contributed by atoms with Crippen LogP contribution in [0.2, 0.25) is 0 Å². The van der Waals surface area contributed by atoms with Crippen molar-refractivity contribution in [1.29, 1.82) is 0 Å². The average molecular weight is 489 g/mol. The molecule has 2 aromatic heterocycles. The van der Waals surface area contributed by atoms with Gasteiger partial charge in [0.05, 0.1) is 32.7 Å². The van der Waals surface area contributed by atoms with Crippen LogP contribution in [-0.2, 0) is 13.2 Å². The lowest BCUT2D eigenvalue weighted by atomic mass is 10.0. The fraction of sp³-hybridized carbons (Fsp3) is 0.222. The number of halogens is 5. The van der Waals surface area contributed by atoms with Gasteiger partial charge in [0.15, 0.2) is 5.82 Å². The average Bonchev–Trinajstić information content (AvgIpc) is 2.67. The molecule has 0 saturated heterocycles. The van der Waals surface area contributed by atoms with Crippen molar-refractivity contribution in [2.45, 2.75) is 19.1 Å². The third-order valence-electron chi connectivity index (χ3n) is 4.49. The summed E-state index contributed by atoms with van der Waals surface area (Å²) in [6.07, 6.45) is -3.90. The Labute approximate surface area is 174 Å². The number of fused-ring (bicyclic) bond motifs is 1. The Hall–Kier alpha value is -3.02. The Bertz CT molecular complexity index is 1230. The van der Waals surface area contributed by atoms with Gasteiger partial charge in [-0.1, -0.05) is 0 Å². The molecule has 0 aliphatic heterocycles. The second-order valence-electron chi connectivity index (χ2n) is 6.51. The van der Waals surface area contributed by atoms with Gasteiger partial charge in [0.25, 0.3) is 11.2 Å². The summed E-state index contributed by atoms with van der Waals surface area (Å²) >= 11 is 3.08. The highest BCUT2D eigenvalue weighted by Gasteiger charge is 2.33. The van der Waals surface area contributed by atoms with Crippen molar-refractivity contribution in [2.24, 2.45) is 7.05 Å². The summed E-state index contributed by atoms with van der Waals surface area (Å²) in [5.41, 5.74) is -2.43. The van der Waals surface area contributed by atoms with Crippen molar-refractivity contribution in [3.05, 3.63) is 72.3 Å². The van der Waals surface area contributed by atoms with Gasteiger partial charge in [-0.15, -0.1) is 0 Å². The van der Waals surface area contributed by atoms with E-state index in [-0.39, 0.29) is 26.8 Å². The molecule has 0 aliphatic rings. The molecule has 2 heterocycles. The van der Waals surface area contributed by atoms with E-state index in [1.54, 1.807) is 0 Å². The van der Waals surface area contributed by atoms with E-state index in [2.05, 4.69) is 26.2 Å². The summed E-state index contributed by atoms with van der Waals surface area (Å²) in [7, 11) is 1.36. The Kier molecular flexibility index (Phi) is 5.54. The number of aromatic nitrogens is 2. The second-order valence-corrected chi connectivity index (χ2v) is 7.36. The SMILES string of the molecule is C[C@@H](Nc1ncc(F)c2c1cc(Br)c(=O)n2C)c1cc([N+](=O)[O-])cc(C(F)(F)F)c1. The van der Waals surface area contributed by atoms with E-state index in [0.29, 0.717) is 6.07 Å². The van der Waals surface area contributed by atoms with Gasteiger partial charge in [0.2, 0.25) is 0 Å². The van der Waals surface area contributed by atoms with Crippen LogP contribution in [0.3, 0.4) is 0 Å². The molecule has 3 rings (SSSR count). The first-order valence-corrected chi connectivity index (χ1v) is 9.16. The quantitative estimate of drug-likeness (QED) is 0.319. The molecule has 1 atom stereocenters. The molecule has 0 saturated carbocycles. The summed E-state index contributed by atoms with van der Waals surface area (Å²) in [5, 5.41) is 14.1. The van der Waals surface area contributed by atoms with Crippen molar-refractivity contribution in [3.63, 3.8) is 0 Å². The molecule has 12 heteroatoms. The van der Waals surface area contributed by atoms with E-state index in [9.17, 15) is 32.5 Å². The Balaban J connectivity index is 2.11. The number of nitro benzene ring substituents is 1. The number of hydrogen-bond acceptors (Lipinski definition) is 5. The molecule has 0 amide bonds. The first kappa shape index (κ1) is 21.7. The third kappa shape index (κ3) is 3.99. The zero-order valence-corrected chi connectivity index (χ0v) is 17.0. The number of anilines is 1. The van der Waals surface area contributed by atoms with Crippen LogP contribution in [0.15, 0.2) is 39.7 Å². The summed E-state index contributed by atoms with van der Waals surface area (Å²) in [6.45, 7) is 1.48. The summed E-state index contributed by atoms with van der Waals surface area (Å²) in [4.78, 5) is 26.1. The monoisotopic (exact) mass is 488 g/mol. The molecule has 1 N–H and O–H groups in total. The second kappa shape index (κ2) is 7.67. The molecule has 158 valence electrons. The van der Waals surface area contributed by atoms with Gasteiger partial charge in [0.1, 0.15) is 5.82 Å². The van der Waals surface area contributed by atoms with Crippen molar-refractivity contribution in [3.8, 4) is 0 Å². The Morgan fingerprint density at radius 3 is 2.53 bits per heavy atom. The number of alkyl halides is 3.